The number of carbonyl (C=O) groups excluding carboxylic acids is 3. The van der Waals surface area contributed by atoms with Gasteiger partial charge in [0.15, 0.2) is 0 Å². The minimum Gasteiger partial charge on any atom is -0.508 e. The highest BCUT2D eigenvalue weighted by molar-refractivity contribution is 8.00. The third kappa shape index (κ3) is 4.72. The predicted molar refractivity (Wildman–Crippen MR) is 159 cm³/mol. The van der Waals surface area contributed by atoms with Gasteiger partial charge in [0.25, 0.3) is 0 Å². The summed E-state index contributed by atoms with van der Waals surface area (Å²) in [6, 6.07) is 19.9. The minimum absolute atomic E-state index is 0.0592. The molecule has 1 aromatic heterocycles. The molecule has 0 bridgehead atoms. The second kappa shape index (κ2) is 11.0. The van der Waals surface area contributed by atoms with Crippen molar-refractivity contribution in [3.05, 3.63) is 92.9 Å². The Morgan fingerprint density at radius 1 is 0.929 bits per heavy atom. The molecule has 0 radical (unpaired) electrons. The molecule has 2 N–H and O–H groups in total. The molecule has 1 saturated heterocycles. The number of hydrogen-bond donors (Lipinski definition) is 2. The van der Waals surface area contributed by atoms with E-state index in [0.717, 1.165) is 23.1 Å². The maximum absolute atomic E-state index is 14.1. The molecule has 0 spiro atoms. The van der Waals surface area contributed by atoms with Gasteiger partial charge in [0.1, 0.15) is 29.0 Å². The minimum atomic E-state index is -0.831. The number of imide groups is 1. The van der Waals surface area contributed by atoms with Crippen LogP contribution < -0.4 is 24.6 Å². The van der Waals surface area contributed by atoms with E-state index in [0.29, 0.717) is 38.3 Å². The number of carbonyl (C=O) groups is 3. The van der Waals surface area contributed by atoms with E-state index in [9.17, 15) is 24.3 Å². The van der Waals surface area contributed by atoms with Gasteiger partial charge in [-0.05, 0) is 54.6 Å². The average molecular weight is 604 g/mol. The fourth-order valence-corrected chi connectivity index (χ4v) is 8.15. The standard InChI is InChI=1S/C30H25N3O7S2/c1-39-19-13-9-17(10-14-19)33-27(36)24-23(20-5-3-4-6-21(20)40-2)26-29(41-25(24)28(33)37)32(30(38)42-26)15-22(35)31-16-7-11-18(34)12-8-16/h3-14,23-25,34H,15H2,1-2H3,(H,31,35)/t23-,24?,25?/m1/s1. The van der Waals surface area contributed by atoms with Gasteiger partial charge in [-0.25, -0.2) is 4.90 Å². The number of para-hydroxylation sites is 1. The molecule has 4 aromatic rings. The Morgan fingerprint density at radius 2 is 1.64 bits per heavy atom. The molecule has 214 valence electrons. The lowest BCUT2D eigenvalue weighted by atomic mass is 9.82. The van der Waals surface area contributed by atoms with E-state index in [4.69, 9.17) is 9.47 Å². The van der Waals surface area contributed by atoms with Gasteiger partial charge in [-0.15, -0.1) is 0 Å². The number of rotatable bonds is 7. The Labute approximate surface area is 248 Å². The highest BCUT2D eigenvalue weighted by atomic mass is 32.2. The Kier molecular flexibility index (Phi) is 7.25. The molecule has 2 unspecified atom stereocenters. The second-order valence-corrected chi connectivity index (χ2v) is 11.8. The molecule has 42 heavy (non-hydrogen) atoms. The van der Waals surface area contributed by atoms with Crippen molar-refractivity contribution in [3.8, 4) is 17.2 Å². The van der Waals surface area contributed by atoms with Crippen LogP contribution in [-0.2, 0) is 20.9 Å². The largest absolute Gasteiger partial charge is 0.508 e. The number of anilines is 2. The van der Waals surface area contributed by atoms with Crippen molar-refractivity contribution in [2.75, 3.05) is 24.4 Å². The molecule has 2 aliphatic rings. The van der Waals surface area contributed by atoms with Crippen molar-refractivity contribution in [2.24, 2.45) is 5.92 Å². The summed E-state index contributed by atoms with van der Waals surface area (Å²) in [4.78, 5) is 55.7. The van der Waals surface area contributed by atoms with Crippen molar-refractivity contribution in [1.29, 1.82) is 0 Å². The van der Waals surface area contributed by atoms with Crippen molar-refractivity contribution in [1.82, 2.24) is 4.57 Å². The monoisotopic (exact) mass is 603 g/mol. The van der Waals surface area contributed by atoms with Gasteiger partial charge in [-0.1, -0.05) is 41.3 Å². The van der Waals surface area contributed by atoms with Crippen molar-refractivity contribution in [3.63, 3.8) is 0 Å². The van der Waals surface area contributed by atoms with Gasteiger partial charge in [0, 0.05) is 22.0 Å². The number of aromatic nitrogens is 1. The number of phenols is 1. The van der Waals surface area contributed by atoms with Crippen LogP contribution in [-0.4, -0.2) is 46.9 Å². The van der Waals surface area contributed by atoms with Gasteiger partial charge in [0.05, 0.1) is 30.9 Å². The van der Waals surface area contributed by atoms with Gasteiger partial charge in [-0.3, -0.25) is 23.7 Å². The first-order valence-corrected chi connectivity index (χ1v) is 14.6. The summed E-state index contributed by atoms with van der Waals surface area (Å²) in [6.45, 7) is -0.293. The summed E-state index contributed by atoms with van der Waals surface area (Å²) < 4.78 is 12.2. The highest BCUT2D eigenvalue weighted by Gasteiger charge is 2.57. The number of aromatic hydroxyl groups is 1. The van der Waals surface area contributed by atoms with Crippen molar-refractivity contribution in [2.45, 2.75) is 22.7 Å². The van der Waals surface area contributed by atoms with E-state index in [1.807, 2.05) is 18.2 Å². The van der Waals surface area contributed by atoms with E-state index in [1.54, 1.807) is 42.5 Å². The van der Waals surface area contributed by atoms with Crippen LogP contribution in [0, 0.1) is 5.92 Å². The number of amides is 3. The number of thioether (sulfide) groups is 1. The van der Waals surface area contributed by atoms with Crippen LogP contribution in [0.3, 0.4) is 0 Å². The Bertz CT molecular complexity index is 1750. The summed E-state index contributed by atoms with van der Waals surface area (Å²) in [5, 5.41) is 11.9. The van der Waals surface area contributed by atoms with Crippen LogP contribution in [0.4, 0.5) is 11.4 Å². The van der Waals surface area contributed by atoms with Gasteiger partial charge >= 0.3 is 4.87 Å². The van der Waals surface area contributed by atoms with Gasteiger partial charge in [-0.2, -0.15) is 0 Å². The van der Waals surface area contributed by atoms with Crippen LogP contribution >= 0.6 is 23.1 Å². The average Bonchev–Trinajstić information content (AvgIpc) is 3.44. The quantitative estimate of drug-likeness (QED) is 0.239. The van der Waals surface area contributed by atoms with Crippen LogP contribution in [0.5, 0.6) is 17.2 Å². The molecular formula is C30H25N3O7S2. The van der Waals surface area contributed by atoms with Crippen molar-refractivity contribution < 1.29 is 29.0 Å². The molecule has 3 amide bonds. The molecule has 3 aromatic carbocycles. The maximum Gasteiger partial charge on any atom is 0.308 e. The fourth-order valence-electron chi connectivity index (χ4n) is 5.39. The van der Waals surface area contributed by atoms with E-state index < -0.39 is 28.9 Å². The Hall–Kier alpha value is -4.55. The first-order chi connectivity index (χ1) is 20.3. The molecule has 10 nitrogen and oxygen atoms in total. The highest BCUT2D eigenvalue weighted by Crippen LogP contribution is 2.55. The number of ether oxygens (including phenoxy) is 2. The molecule has 2 aliphatic heterocycles. The summed E-state index contributed by atoms with van der Waals surface area (Å²) in [5.41, 5.74) is 1.56. The number of hydrogen-bond acceptors (Lipinski definition) is 9. The number of thiazole rings is 1. The van der Waals surface area contributed by atoms with Crippen molar-refractivity contribution >= 4 is 52.2 Å². The number of nitrogens with one attached hydrogen (secondary N) is 1. The van der Waals surface area contributed by atoms with E-state index in [1.165, 1.54) is 35.8 Å². The summed E-state index contributed by atoms with van der Waals surface area (Å²) in [5.74, 6) is -1.50. The van der Waals surface area contributed by atoms with Gasteiger partial charge < -0.3 is 19.9 Å². The first-order valence-electron chi connectivity index (χ1n) is 12.9. The summed E-state index contributed by atoms with van der Waals surface area (Å²) >= 11 is 2.10. The Balaban J connectivity index is 1.42. The van der Waals surface area contributed by atoms with E-state index >= 15 is 0 Å². The molecule has 6 rings (SSSR count). The molecule has 3 atom stereocenters. The third-order valence-electron chi connectivity index (χ3n) is 7.31. The lowest BCUT2D eigenvalue weighted by molar-refractivity contribution is -0.122. The second-order valence-electron chi connectivity index (χ2n) is 9.71. The summed E-state index contributed by atoms with van der Waals surface area (Å²) in [7, 11) is 3.06. The number of phenolic OH excluding ortho intramolecular Hbond substituents is 1. The number of fused-ring (bicyclic) bond motifs is 2. The summed E-state index contributed by atoms with van der Waals surface area (Å²) in [6.07, 6.45) is 0. The maximum atomic E-state index is 14.1. The normalized spacial score (nSPS) is 19.3. The van der Waals surface area contributed by atoms with E-state index in [2.05, 4.69) is 5.32 Å². The first kappa shape index (κ1) is 27.6. The smallest absolute Gasteiger partial charge is 0.308 e. The lowest BCUT2D eigenvalue weighted by Crippen LogP contribution is -2.33. The van der Waals surface area contributed by atoms with Crippen LogP contribution in [0.1, 0.15) is 16.4 Å². The number of benzene rings is 3. The predicted octanol–water partition coefficient (Wildman–Crippen LogP) is 4.07. The van der Waals surface area contributed by atoms with E-state index in [-0.39, 0.29) is 23.1 Å². The molecule has 1 fully saturated rings. The molecule has 3 heterocycles. The van der Waals surface area contributed by atoms with Crippen LogP contribution in [0.15, 0.2) is 82.6 Å². The molecular weight excluding hydrogens is 578 g/mol. The molecule has 0 aliphatic carbocycles. The SMILES string of the molecule is COc1ccc(N2C(=O)C3Sc4c(sc(=O)n4CC(=O)Nc4ccc(O)cc4)[C@H](c4ccccc4OC)C3C2=O)cc1. The zero-order valence-corrected chi connectivity index (χ0v) is 24.1. The zero-order valence-electron chi connectivity index (χ0n) is 22.5. The number of methoxy groups -OCH3 is 2. The number of nitrogens with zero attached hydrogens (tertiary/aromatic N) is 2. The topological polar surface area (TPSA) is 127 Å². The fraction of sp³-hybridized carbons (Fsp3) is 0.200. The van der Waals surface area contributed by atoms with Gasteiger partial charge in [0.2, 0.25) is 17.7 Å². The zero-order chi connectivity index (χ0) is 29.5. The van der Waals surface area contributed by atoms with Crippen LogP contribution in [0.2, 0.25) is 0 Å². The lowest BCUT2D eigenvalue weighted by Gasteiger charge is -2.31. The molecule has 0 saturated carbocycles. The molecule has 12 heteroatoms. The Morgan fingerprint density at radius 3 is 2.33 bits per heavy atom. The third-order valence-corrected chi connectivity index (χ3v) is 9.91. The van der Waals surface area contributed by atoms with Crippen LogP contribution in [0.25, 0.3) is 0 Å².